The van der Waals surface area contributed by atoms with E-state index < -0.39 is 0 Å². The van der Waals surface area contributed by atoms with Crippen LogP contribution in [0.2, 0.25) is 0 Å². The van der Waals surface area contributed by atoms with Crippen LogP contribution < -0.4 is 0 Å². The van der Waals surface area contributed by atoms with Crippen molar-refractivity contribution in [2.24, 2.45) is 0 Å². The second kappa shape index (κ2) is 4.86. The Morgan fingerprint density at radius 1 is 1.25 bits per heavy atom. The lowest BCUT2D eigenvalue weighted by atomic mass is 10.2. The third kappa shape index (κ3) is 2.21. The van der Waals surface area contributed by atoms with E-state index in [0.29, 0.717) is 4.88 Å². The van der Waals surface area contributed by atoms with E-state index in [1.54, 1.807) is 0 Å². The Hall–Kier alpha value is -1.04. The standard InChI is InChI=1S/C11H8O2S3/c1-13-10(12)9-8(15-11(14)16-9)7-5-3-2-4-6-7/h2-6H,1H3. The van der Waals surface area contributed by atoms with Crippen molar-refractivity contribution in [1.82, 2.24) is 0 Å². The number of hydrogen-bond donors (Lipinski definition) is 0. The second-order valence-electron chi connectivity index (χ2n) is 2.97. The Bertz CT molecular complexity index is 554. The van der Waals surface area contributed by atoms with Crippen molar-refractivity contribution in [2.75, 3.05) is 7.11 Å². The number of hydrogen-bond acceptors (Lipinski definition) is 5. The van der Waals surface area contributed by atoms with Crippen LogP contribution in [0, 0.1) is 3.14 Å². The zero-order chi connectivity index (χ0) is 11.5. The summed E-state index contributed by atoms with van der Waals surface area (Å²) in [5.41, 5.74) is 1.00. The average molecular weight is 268 g/mol. The van der Waals surface area contributed by atoms with E-state index in [9.17, 15) is 4.79 Å². The van der Waals surface area contributed by atoms with Crippen molar-refractivity contribution < 1.29 is 9.53 Å². The summed E-state index contributed by atoms with van der Waals surface area (Å²) in [7, 11) is 1.38. The number of benzene rings is 1. The molecule has 0 aliphatic carbocycles. The van der Waals surface area contributed by atoms with Crippen LogP contribution in [-0.4, -0.2) is 13.1 Å². The van der Waals surface area contributed by atoms with E-state index in [2.05, 4.69) is 0 Å². The Morgan fingerprint density at radius 3 is 2.56 bits per heavy atom. The Morgan fingerprint density at radius 2 is 1.94 bits per heavy atom. The zero-order valence-electron chi connectivity index (χ0n) is 8.43. The van der Waals surface area contributed by atoms with E-state index in [1.165, 1.54) is 29.8 Å². The maximum absolute atomic E-state index is 11.6. The van der Waals surface area contributed by atoms with Crippen LogP contribution >= 0.6 is 34.9 Å². The molecule has 16 heavy (non-hydrogen) atoms. The van der Waals surface area contributed by atoms with Gasteiger partial charge in [0.1, 0.15) is 8.01 Å². The quantitative estimate of drug-likeness (QED) is 0.608. The molecular formula is C11H8O2S3. The van der Waals surface area contributed by atoms with Crippen molar-refractivity contribution in [1.29, 1.82) is 0 Å². The molecule has 0 aliphatic rings. The molecule has 0 saturated carbocycles. The normalized spacial score (nSPS) is 10.1. The Balaban J connectivity index is 2.57. The fourth-order valence-electron chi connectivity index (χ4n) is 1.29. The maximum Gasteiger partial charge on any atom is 0.349 e. The fourth-order valence-corrected chi connectivity index (χ4v) is 3.84. The highest BCUT2D eigenvalue weighted by Gasteiger charge is 2.16. The van der Waals surface area contributed by atoms with Crippen LogP contribution in [0.5, 0.6) is 0 Å². The molecule has 2 aromatic rings. The summed E-state index contributed by atoms with van der Waals surface area (Å²) in [6, 6.07) is 9.72. The molecule has 1 aromatic carbocycles. The maximum atomic E-state index is 11.6. The van der Waals surface area contributed by atoms with Crippen molar-refractivity contribution in [3.05, 3.63) is 38.3 Å². The molecule has 0 bridgehead atoms. The Kier molecular flexibility index (Phi) is 3.48. The van der Waals surface area contributed by atoms with E-state index in [-0.39, 0.29) is 5.97 Å². The number of carbonyl (C=O) groups is 1. The van der Waals surface area contributed by atoms with Gasteiger partial charge in [0.15, 0.2) is 0 Å². The van der Waals surface area contributed by atoms with Gasteiger partial charge in [0.25, 0.3) is 0 Å². The number of carbonyl (C=O) groups excluding carboxylic acids is 1. The molecule has 0 radical (unpaired) electrons. The van der Waals surface area contributed by atoms with Gasteiger partial charge < -0.3 is 4.74 Å². The number of rotatable bonds is 2. The average Bonchev–Trinajstić information content (AvgIpc) is 2.71. The number of ether oxygens (including phenoxy) is 1. The molecule has 0 fully saturated rings. The molecular weight excluding hydrogens is 260 g/mol. The first kappa shape index (κ1) is 11.4. The molecule has 0 N–H and O–H groups in total. The largest absolute Gasteiger partial charge is 0.465 e. The minimum Gasteiger partial charge on any atom is -0.465 e. The highest BCUT2D eigenvalue weighted by atomic mass is 32.2. The zero-order valence-corrected chi connectivity index (χ0v) is 10.9. The van der Waals surface area contributed by atoms with Crippen LogP contribution in [0.1, 0.15) is 9.67 Å². The van der Waals surface area contributed by atoms with E-state index in [0.717, 1.165) is 13.6 Å². The van der Waals surface area contributed by atoms with Crippen LogP contribution in [0.4, 0.5) is 0 Å². The summed E-state index contributed by atoms with van der Waals surface area (Å²) < 4.78 is 5.48. The number of esters is 1. The SMILES string of the molecule is COC(=O)c1sc(=S)sc1-c1ccccc1. The topological polar surface area (TPSA) is 26.3 Å². The van der Waals surface area contributed by atoms with E-state index in [1.807, 2.05) is 30.3 Å². The molecule has 0 atom stereocenters. The molecule has 0 aliphatic heterocycles. The monoisotopic (exact) mass is 268 g/mol. The van der Waals surface area contributed by atoms with Crippen LogP contribution in [0.15, 0.2) is 30.3 Å². The van der Waals surface area contributed by atoms with Gasteiger partial charge in [-0.15, -0.1) is 22.7 Å². The van der Waals surface area contributed by atoms with Gasteiger partial charge >= 0.3 is 5.97 Å². The molecule has 0 amide bonds. The van der Waals surface area contributed by atoms with Gasteiger partial charge in [-0.05, 0) is 5.56 Å². The lowest BCUT2D eigenvalue weighted by Gasteiger charge is -2.00. The first-order chi connectivity index (χ1) is 7.72. The third-order valence-electron chi connectivity index (χ3n) is 1.98. The fraction of sp³-hybridized carbons (Fsp3) is 0.0909. The highest BCUT2D eigenvalue weighted by molar-refractivity contribution is 7.76. The summed E-state index contributed by atoms with van der Waals surface area (Å²) in [6.45, 7) is 0. The van der Waals surface area contributed by atoms with Gasteiger partial charge in [-0.1, -0.05) is 42.5 Å². The molecule has 5 heteroatoms. The first-order valence-electron chi connectivity index (χ1n) is 4.50. The molecule has 2 rings (SSSR count). The van der Waals surface area contributed by atoms with Crippen LogP contribution in [0.3, 0.4) is 0 Å². The third-order valence-corrected chi connectivity index (χ3v) is 4.67. The van der Waals surface area contributed by atoms with Gasteiger partial charge in [-0.3, -0.25) is 0 Å². The van der Waals surface area contributed by atoms with Crippen molar-refractivity contribution >= 4 is 40.9 Å². The molecule has 1 heterocycles. The highest BCUT2D eigenvalue weighted by Crippen LogP contribution is 2.34. The first-order valence-corrected chi connectivity index (χ1v) is 6.54. The molecule has 1 aromatic heterocycles. The van der Waals surface area contributed by atoms with Gasteiger partial charge in [0.2, 0.25) is 0 Å². The van der Waals surface area contributed by atoms with Crippen molar-refractivity contribution in [3.63, 3.8) is 0 Å². The summed E-state index contributed by atoms with van der Waals surface area (Å²) in [4.78, 5) is 13.0. The van der Waals surface area contributed by atoms with Crippen molar-refractivity contribution in [3.8, 4) is 10.4 Å². The predicted molar refractivity (Wildman–Crippen MR) is 69.8 cm³/mol. The lowest BCUT2D eigenvalue weighted by molar-refractivity contribution is 0.0607. The molecule has 82 valence electrons. The van der Waals surface area contributed by atoms with Crippen LogP contribution in [-0.2, 0) is 4.74 Å². The summed E-state index contributed by atoms with van der Waals surface area (Å²) in [5.74, 6) is -0.323. The predicted octanol–water partition coefficient (Wildman–Crippen LogP) is 3.99. The smallest absolute Gasteiger partial charge is 0.349 e. The van der Waals surface area contributed by atoms with Crippen LogP contribution in [0.25, 0.3) is 10.4 Å². The molecule has 0 saturated heterocycles. The molecule has 0 spiro atoms. The van der Waals surface area contributed by atoms with Crippen molar-refractivity contribution in [2.45, 2.75) is 0 Å². The molecule has 0 unspecified atom stereocenters. The van der Waals surface area contributed by atoms with E-state index >= 15 is 0 Å². The molecule has 2 nitrogen and oxygen atoms in total. The van der Waals surface area contributed by atoms with Gasteiger partial charge in [0, 0.05) is 0 Å². The summed E-state index contributed by atoms with van der Waals surface area (Å²) in [6.07, 6.45) is 0. The Labute approximate surface area is 106 Å². The lowest BCUT2D eigenvalue weighted by Crippen LogP contribution is -1.99. The second-order valence-corrected chi connectivity index (χ2v) is 6.19. The van der Waals surface area contributed by atoms with E-state index in [4.69, 9.17) is 17.0 Å². The van der Waals surface area contributed by atoms with Gasteiger partial charge in [0.05, 0.1) is 12.0 Å². The summed E-state index contributed by atoms with van der Waals surface area (Å²) in [5, 5.41) is 0. The minimum absolute atomic E-state index is 0.323. The van der Waals surface area contributed by atoms with Gasteiger partial charge in [-0.25, -0.2) is 4.79 Å². The minimum atomic E-state index is -0.323. The van der Waals surface area contributed by atoms with Gasteiger partial charge in [-0.2, -0.15) is 0 Å². The number of methoxy groups -OCH3 is 1. The summed E-state index contributed by atoms with van der Waals surface area (Å²) >= 11 is 7.86.